The molecule has 5 aliphatic heterocycles. The largest absolute Gasteiger partial charge is 0.506 e. The second-order valence-electron chi connectivity index (χ2n) is 23.3. The number of cyclic esters (lactones) is 2. The minimum atomic E-state index is -1.84. The third-order valence-corrected chi connectivity index (χ3v) is 21.3. The van der Waals surface area contributed by atoms with E-state index in [0.717, 1.165) is 56.7 Å². The van der Waals surface area contributed by atoms with Crippen LogP contribution in [0.1, 0.15) is 125 Å². The van der Waals surface area contributed by atoms with Crippen LogP contribution in [0.4, 0.5) is 0 Å². The SMILES string of the molecule is C=C(NC(=O)c1csc(-c2nc3c(cc2O)-c2nc(cs2)C(=O)N[C@@H]([C@@H](C)O)C(=O)N/C(=C(\C)OC)c2nc(cs2)C(=O)N[C@@H]2c4nc(cs4)C(=O)N[C@@H](COC(=O)c4c5c6c(cccc6n4O)COC(=O)[C@@H](O[C@H]4C[C@]6(C)OCN(C)[C@@H]6[C@H](C)O4)[C@H]2OC5)c2nc-3cs2)n1)C(N)=O. The number of nitrogens with one attached hydrogen (secondary N) is 5. The van der Waals surface area contributed by atoms with Crippen LogP contribution < -0.4 is 32.3 Å². The van der Waals surface area contributed by atoms with E-state index in [0.29, 0.717) is 10.3 Å². The summed E-state index contributed by atoms with van der Waals surface area (Å²) in [5.41, 5.74) is 2.86. The number of nitrogens with two attached hydrogens (primary N) is 1. The number of hydrogen-bond acceptors (Lipinski definition) is 30. The molecule has 7 aromatic heterocycles. The molecule has 0 saturated carbocycles. The van der Waals surface area contributed by atoms with Crippen LogP contribution in [0.25, 0.3) is 49.3 Å². The Balaban J connectivity index is 0.984. The number of pyridine rings is 1. The van der Waals surface area contributed by atoms with Crippen LogP contribution in [-0.2, 0) is 60.8 Å². The lowest BCUT2D eigenvalue weighted by Crippen LogP contribution is -2.58. The van der Waals surface area contributed by atoms with E-state index in [-0.39, 0.29) is 118 Å². The maximum atomic E-state index is 15.2. The summed E-state index contributed by atoms with van der Waals surface area (Å²) in [6.45, 7) is 8.48. The van der Waals surface area contributed by atoms with Crippen molar-refractivity contribution < 1.29 is 86.9 Å². The fraction of sp³-hybridized carbons (Fsp3) is 0.344. The minimum Gasteiger partial charge on any atom is -0.506 e. The highest BCUT2D eigenvalue weighted by atomic mass is 32.1. The Morgan fingerprint density at radius 2 is 1.54 bits per heavy atom. The van der Waals surface area contributed by atoms with Crippen LogP contribution in [0.15, 0.2) is 69.2 Å². The number of carbonyl (C=O) groups is 8. The number of aromatic nitrogens is 7. The van der Waals surface area contributed by atoms with Crippen molar-refractivity contribution in [2.24, 2.45) is 5.73 Å². The topological polar surface area (TPSA) is 434 Å². The lowest BCUT2D eigenvalue weighted by molar-refractivity contribution is -0.268. The molecule has 32 nitrogen and oxygen atoms in total. The van der Waals surface area contributed by atoms with Crippen molar-refractivity contribution in [1.82, 2.24) is 66.1 Å². The van der Waals surface area contributed by atoms with Gasteiger partial charge >= 0.3 is 11.9 Å². The first kappa shape index (κ1) is 67.0. The summed E-state index contributed by atoms with van der Waals surface area (Å²) in [7, 11) is 3.20. The van der Waals surface area contributed by atoms with Gasteiger partial charge in [-0.1, -0.05) is 18.7 Å². The molecule has 10 N–H and O–H groups in total. The van der Waals surface area contributed by atoms with Gasteiger partial charge in [0.05, 0.1) is 55.5 Å². The quantitative estimate of drug-likeness (QED) is 0.0444. The molecule has 510 valence electrons. The molecule has 8 aromatic rings. The number of carbonyl (C=O) groups excluding carboxylic acids is 8. The molecule has 0 spiro atoms. The number of methoxy groups -OCH3 is 1. The number of rotatable bonds is 8. The van der Waals surface area contributed by atoms with Gasteiger partial charge in [-0.15, -0.1) is 56.7 Å². The van der Waals surface area contributed by atoms with Crippen LogP contribution in [0, 0.1) is 0 Å². The van der Waals surface area contributed by atoms with Crippen molar-refractivity contribution in [1.29, 1.82) is 0 Å². The second kappa shape index (κ2) is 26.7. The van der Waals surface area contributed by atoms with E-state index in [1.54, 1.807) is 12.1 Å². The molecule has 37 heteroatoms. The number of nitrogens with zero attached hydrogens (tertiary/aromatic N) is 8. The van der Waals surface area contributed by atoms with Gasteiger partial charge in [-0.3, -0.25) is 33.7 Å². The number of amides is 6. The van der Waals surface area contributed by atoms with Gasteiger partial charge < -0.3 is 80.9 Å². The summed E-state index contributed by atoms with van der Waals surface area (Å²) in [6, 6.07) is 1.10. The number of fused-ring (bicyclic) bond motifs is 16. The van der Waals surface area contributed by atoms with E-state index in [1.165, 1.54) is 60.0 Å². The zero-order chi connectivity index (χ0) is 69.3. The third kappa shape index (κ3) is 12.6. The van der Waals surface area contributed by atoms with Gasteiger partial charge in [0.25, 0.3) is 29.5 Å². The van der Waals surface area contributed by atoms with E-state index in [4.69, 9.17) is 53.8 Å². The van der Waals surface area contributed by atoms with E-state index < -0.39 is 139 Å². The van der Waals surface area contributed by atoms with Crippen LogP contribution >= 0.6 is 56.7 Å². The summed E-state index contributed by atoms with van der Waals surface area (Å²) in [4.78, 5) is 144. The number of aliphatic hydroxyl groups is 1. The number of aromatic hydroxyl groups is 1. The molecule has 2 fully saturated rings. The van der Waals surface area contributed by atoms with Crippen molar-refractivity contribution in [2.75, 3.05) is 27.5 Å². The molecule has 10 atom stereocenters. The van der Waals surface area contributed by atoms with E-state index in [1.807, 2.05) is 25.8 Å². The van der Waals surface area contributed by atoms with Crippen LogP contribution in [0.3, 0.4) is 0 Å². The van der Waals surface area contributed by atoms with Gasteiger partial charge in [0.1, 0.15) is 120 Å². The Bertz CT molecular complexity index is 4650. The molecule has 98 heavy (non-hydrogen) atoms. The maximum absolute atomic E-state index is 15.2. The smallest absolute Gasteiger partial charge is 0.358 e. The number of allylic oxidation sites excluding steroid dienone is 1. The van der Waals surface area contributed by atoms with Crippen molar-refractivity contribution in [3.05, 3.63) is 124 Å². The van der Waals surface area contributed by atoms with Gasteiger partial charge in [0, 0.05) is 49.8 Å². The van der Waals surface area contributed by atoms with Gasteiger partial charge in [-0.25, -0.2) is 39.5 Å². The third-order valence-electron chi connectivity index (χ3n) is 16.8. The molecular weight excluding hydrogens is 1380 g/mol. The number of thiazole rings is 5. The highest BCUT2D eigenvalue weighted by molar-refractivity contribution is 7.14. The van der Waals surface area contributed by atoms with Crippen LogP contribution in [0.5, 0.6) is 5.75 Å². The first-order valence-electron chi connectivity index (χ1n) is 29.8. The molecule has 6 amide bonds. The average Bonchev–Trinajstić information content (AvgIpc) is 1.63. The molecular formula is C61H58N14O18S5. The Kier molecular flexibility index (Phi) is 18.3. The molecule has 13 rings (SSSR count). The normalized spacial score (nSPS) is 24.7. The van der Waals surface area contributed by atoms with E-state index in [2.05, 4.69) is 48.1 Å². The zero-order valence-corrected chi connectivity index (χ0v) is 56.4. The highest BCUT2D eigenvalue weighted by Crippen LogP contribution is 2.44. The number of benzene rings is 1. The van der Waals surface area contributed by atoms with Crippen LogP contribution in [0.2, 0.25) is 0 Å². The summed E-state index contributed by atoms with van der Waals surface area (Å²) in [5.74, 6) is -8.11. The predicted molar refractivity (Wildman–Crippen MR) is 348 cm³/mol. The number of primary amides is 1. The van der Waals surface area contributed by atoms with Gasteiger partial charge in [-0.05, 0) is 52.4 Å². The molecule has 5 aliphatic rings. The summed E-state index contributed by atoms with van der Waals surface area (Å²) in [5, 5.41) is 55.6. The lowest BCUT2D eigenvalue weighted by Gasteiger charge is -2.45. The first-order chi connectivity index (χ1) is 46.9. The monoisotopic (exact) mass is 1430 g/mol. The number of hydrogen-bond donors (Lipinski definition) is 9. The Morgan fingerprint density at radius 3 is 2.30 bits per heavy atom. The zero-order valence-electron chi connectivity index (χ0n) is 52.3. The van der Waals surface area contributed by atoms with Gasteiger partial charge in [0.2, 0.25) is 5.91 Å². The number of ether oxygens (including phenoxy) is 7. The fourth-order valence-electron chi connectivity index (χ4n) is 12.0. The molecule has 0 unspecified atom stereocenters. The van der Waals surface area contributed by atoms with E-state index >= 15 is 14.4 Å². The first-order valence-corrected chi connectivity index (χ1v) is 34.2. The van der Waals surface area contributed by atoms with Crippen molar-refractivity contribution in [2.45, 2.75) is 108 Å². The average molecular weight is 1440 g/mol. The van der Waals surface area contributed by atoms with Crippen LogP contribution in [-0.4, -0.2) is 178 Å². The number of likely N-dealkylation sites (N-methyl/N-ethyl adjacent to an activating group) is 1. The number of aliphatic hydroxyl groups excluding tert-OH is 1. The second-order valence-corrected chi connectivity index (χ2v) is 27.7. The lowest BCUT2D eigenvalue weighted by atomic mass is 9.86. The van der Waals surface area contributed by atoms with E-state index in [9.17, 15) is 39.4 Å². The standard InChI is InChI=1S/C61H58N14O18S5/c1-22(48(62)78)63-49(79)31-18-97-57(68-31)42-36(77)11-27-41(70-42)30-16-95-55(65-30)29-15-90-59(84)44-28-14-88-45(46(60(85)89-13-26-9-8-10-35(38(26)28)75(44)86)93-37-12-61(5)47(25(4)92-37)74(6)21-91-61)43(58-69-32(19-98-58)50(80)64-29)73-52(82)34-20-96-56(67-34)40(24(3)87-7)72-53(83)39(23(2)76)71-51(81)33-17-94-54(27)66-33/h8-11,16-20,23,25,29,37,39,43,45-47,76-77,86H,1,12-15,21H2,2-7H3,(H2,62,78)(H,63,79)(H,64,80)(H,71,81)(H,72,83)(H,73,82)/b40-24+/t23-,25+,29+,37+,39+,43+,45+,46+,47-,61+/m1/s1. The molecule has 0 radical (unpaired) electrons. The Morgan fingerprint density at radius 1 is 0.857 bits per heavy atom. The van der Waals surface area contributed by atoms with Crippen molar-refractivity contribution >= 4 is 121 Å². The maximum Gasteiger partial charge on any atom is 0.358 e. The molecule has 12 bridgehead atoms. The van der Waals surface area contributed by atoms with Crippen molar-refractivity contribution in [3.8, 4) is 38.4 Å². The summed E-state index contributed by atoms with van der Waals surface area (Å²) < 4.78 is 44.9. The molecule has 12 heterocycles. The van der Waals surface area contributed by atoms with Crippen molar-refractivity contribution in [3.63, 3.8) is 0 Å². The Hall–Kier alpha value is -9.54. The van der Waals surface area contributed by atoms with Gasteiger partial charge in [-0.2, -0.15) is 4.73 Å². The predicted octanol–water partition coefficient (Wildman–Crippen LogP) is 4.26. The fourth-order valence-corrected chi connectivity index (χ4v) is 16.2. The molecule has 2 saturated heterocycles. The summed E-state index contributed by atoms with van der Waals surface area (Å²) in [6.07, 6.45) is -6.77. The summed E-state index contributed by atoms with van der Waals surface area (Å²) >= 11 is 4.53. The molecule has 0 aliphatic carbocycles. The van der Waals surface area contributed by atoms with Gasteiger partial charge in [0.15, 0.2) is 18.1 Å². The number of esters is 2. The minimum absolute atomic E-state index is 0.00256. The Labute approximate surface area is 573 Å². The molecule has 1 aromatic carbocycles. The highest BCUT2D eigenvalue weighted by Gasteiger charge is 2.54.